The zero-order valence-corrected chi connectivity index (χ0v) is 11.2. The lowest BCUT2D eigenvalue weighted by Gasteiger charge is -2.25. The lowest BCUT2D eigenvalue weighted by atomic mass is 10.1. The van der Waals surface area contributed by atoms with Crippen LogP contribution in [-0.4, -0.2) is 36.9 Å². The average molecular weight is 268 g/mol. The van der Waals surface area contributed by atoms with Crippen molar-refractivity contribution in [2.24, 2.45) is 0 Å². The Morgan fingerprint density at radius 2 is 1.83 bits per heavy atom. The summed E-state index contributed by atoms with van der Waals surface area (Å²) in [6.45, 7) is 3.51. The van der Waals surface area contributed by atoms with Crippen LogP contribution in [0.3, 0.4) is 0 Å². The number of benzene rings is 1. The number of carbonyl (C=O) groups excluding carboxylic acids is 1. The summed E-state index contributed by atoms with van der Waals surface area (Å²) < 4.78 is 5.62. The van der Waals surface area contributed by atoms with Crippen LogP contribution in [-0.2, 0) is 4.79 Å². The molecule has 1 fully saturated rings. The van der Waals surface area contributed by atoms with Gasteiger partial charge in [-0.3, -0.25) is 4.79 Å². The Morgan fingerprint density at radius 1 is 1.17 bits per heavy atom. The van der Waals surface area contributed by atoms with Crippen LogP contribution in [0.2, 0.25) is 5.02 Å². The van der Waals surface area contributed by atoms with Crippen LogP contribution in [0.25, 0.3) is 0 Å². The van der Waals surface area contributed by atoms with E-state index in [1.165, 1.54) is 0 Å². The first-order valence-electron chi connectivity index (χ1n) is 6.36. The summed E-state index contributed by atoms with van der Waals surface area (Å²) in [4.78, 5) is 13.4. The second-order valence-corrected chi connectivity index (χ2v) is 4.97. The van der Waals surface area contributed by atoms with E-state index in [9.17, 15) is 4.79 Å². The number of ether oxygens (including phenoxy) is 1. The Morgan fingerprint density at radius 3 is 2.50 bits per heavy atom. The Balaban J connectivity index is 1.61. The minimum absolute atomic E-state index is 0.392. The van der Waals surface area contributed by atoms with Gasteiger partial charge >= 0.3 is 0 Å². The van der Waals surface area contributed by atoms with Gasteiger partial charge in [0.15, 0.2) is 0 Å². The third kappa shape index (κ3) is 4.31. The number of halogens is 1. The minimum atomic E-state index is 0.392. The van der Waals surface area contributed by atoms with Crippen molar-refractivity contribution in [2.75, 3.05) is 26.2 Å². The molecular formula is C14H18ClNO2. The molecule has 1 aromatic rings. The summed E-state index contributed by atoms with van der Waals surface area (Å²) in [6.07, 6.45) is 2.40. The second kappa shape index (κ2) is 6.76. The number of rotatable bonds is 5. The van der Waals surface area contributed by atoms with Gasteiger partial charge < -0.3 is 9.64 Å². The lowest BCUT2D eigenvalue weighted by molar-refractivity contribution is -0.121. The van der Waals surface area contributed by atoms with E-state index in [0.29, 0.717) is 25.2 Å². The van der Waals surface area contributed by atoms with Gasteiger partial charge in [0.2, 0.25) is 0 Å². The first-order chi connectivity index (χ1) is 8.74. The topological polar surface area (TPSA) is 29.5 Å². The minimum Gasteiger partial charge on any atom is -0.494 e. The van der Waals surface area contributed by atoms with Crippen LogP contribution in [0.4, 0.5) is 0 Å². The van der Waals surface area contributed by atoms with Crippen molar-refractivity contribution in [2.45, 2.75) is 19.3 Å². The quantitative estimate of drug-likeness (QED) is 0.769. The van der Waals surface area contributed by atoms with Gasteiger partial charge in [0.1, 0.15) is 11.5 Å². The molecular weight excluding hydrogens is 250 g/mol. The van der Waals surface area contributed by atoms with Crippen molar-refractivity contribution >= 4 is 17.4 Å². The first kappa shape index (κ1) is 13.4. The molecule has 0 saturated carbocycles. The van der Waals surface area contributed by atoms with E-state index in [0.717, 1.165) is 36.8 Å². The SMILES string of the molecule is O=C1CCN(CCCOc2ccc(Cl)cc2)CC1. The lowest BCUT2D eigenvalue weighted by Crippen LogP contribution is -2.34. The standard InChI is InChI=1S/C14H18ClNO2/c15-12-2-4-14(5-3-12)18-11-1-8-16-9-6-13(17)7-10-16/h2-5H,1,6-11H2. The Kier molecular flexibility index (Phi) is 5.02. The highest BCUT2D eigenvalue weighted by atomic mass is 35.5. The smallest absolute Gasteiger partial charge is 0.135 e. The molecule has 0 spiro atoms. The number of piperidine rings is 1. The number of likely N-dealkylation sites (tertiary alicyclic amines) is 1. The molecule has 4 heteroatoms. The Labute approximate surface area is 113 Å². The number of ketones is 1. The summed E-state index contributed by atoms with van der Waals surface area (Å²) >= 11 is 5.80. The van der Waals surface area contributed by atoms with Crippen LogP contribution in [0, 0.1) is 0 Å². The van der Waals surface area contributed by atoms with E-state index in [2.05, 4.69) is 4.90 Å². The Bertz CT molecular complexity index is 381. The van der Waals surface area contributed by atoms with Gasteiger partial charge in [-0.05, 0) is 30.7 Å². The predicted molar refractivity (Wildman–Crippen MR) is 72.2 cm³/mol. The molecule has 3 nitrogen and oxygen atoms in total. The van der Waals surface area contributed by atoms with Crippen LogP contribution in [0.15, 0.2) is 24.3 Å². The first-order valence-corrected chi connectivity index (χ1v) is 6.74. The van der Waals surface area contributed by atoms with Crippen molar-refractivity contribution in [3.63, 3.8) is 0 Å². The molecule has 1 aliphatic rings. The molecule has 0 aromatic heterocycles. The van der Waals surface area contributed by atoms with E-state index >= 15 is 0 Å². The van der Waals surface area contributed by atoms with Crippen molar-refractivity contribution in [1.29, 1.82) is 0 Å². The normalized spacial score (nSPS) is 16.8. The van der Waals surface area contributed by atoms with E-state index < -0.39 is 0 Å². The molecule has 1 saturated heterocycles. The van der Waals surface area contributed by atoms with Gasteiger partial charge in [-0.25, -0.2) is 0 Å². The van der Waals surface area contributed by atoms with Crippen molar-refractivity contribution in [3.05, 3.63) is 29.3 Å². The molecule has 0 aliphatic carbocycles. The van der Waals surface area contributed by atoms with Crippen LogP contribution in [0.5, 0.6) is 5.75 Å². The molecule has 98 valence electrons. The average Bonchev–Trinajstić information content (AvgIpc) is 2.39. The van der Waals surface area contributed by atoms with Gasteiger partial charge in [0.25, 0.3) is 0 Å². The number of carbonyl (C=O) groups is 1. The fraction of sp³-hybridized carbons (Fsp3) is 0.500. The molecule has 1 aromatic carbocycles. The summed E-state index contributed by atoms with van der Waals surface area (Å²) in [5, 5.41) is 0.723. The van der Waals surface area contributed by atoms with E-state index in [4.69, 9.17) is 16.3 Å². The molecule has 0 bridgehead atoms. The van der Waals surface area contributed by atoms with Crippen molar-refractivity contribution in [1.82, 2.24) is 4.90 Å². The Hall–Kier alpha value is -1.06. The van der Waals surface area contributed by atoms with Gasteiger partial charge in [-0.15, -0.1) is 0 Å². The maximum atomic E-state index is 11.1. The fourth-order valence-corrected chi connectivity index (χ4v) is 2.16. The van der Waals surface area contributed by atoms with Crippen molar-refractivity contribution in [3.8, 4) is 5.75 Å². The van der Waals surface area contributed by atoms with Gasteiger partial charge in [0, 0.05) is 37.5 Å². The summed E-state index contributed by atoms with van der Waals surface area (Å²) in [5.74, 6) is 1.25. The number of hydrogen-bond acceptors (Lipinski definition) is 3. The number of Topliss-reactive ketones (excluding diaryl/α,β-unsaturated/α-hetero) is 1. The molecule has 0 N–H and O–H groups in total. The largest absolute Gasteiger partial charge is 0.494 e. The maximum Gasteiger partial charge on any atom is 0.135 e. The molecule has 0 unspecified atom stereocenters. The molecule has 1 aliphatic heterocycles. The molecule has 0 amide bonds. The predicted octanol–water partition coefficient (Wildman–Crippen LogP) is 2.77. The van der Waals surface area contributed by atoms with Gasteiger partial charge in [0.05, 0.1) is 6.61 Å². The van der Waals surface area contributed by atoms with E-state index in [1.54, 1.807) is 0 Å². The monoisotopic (exact) mass is 267 g/mol. The summed E-state index contributed by atoms with van der Waals surface area (Å²) in [7, 11) is 0. The summed E-state index contributed by atoms with van der Waals surface area (Å²) in [5.41, 5.74) is 0. The molecule has 0 radical (unpaired) electrons. The number of hydrogen-bond donors (Lipinski definition) is 0. The van der Waals surface area contributed by atoms with Crippen LogP contribution >= 0.6 is 11.6 Å². The third-order valence-corrected chi connectivity index (χ3v) is 3.37. The van der Waals surface area contributed by atoms with Crippen molar-refractivity contribution < 1.29 is 9.53 Å². The van der Waals surface area contributed by atoms with E-state index in [1.807, 2.05) is 24.3 Å². The van der Waals surface area contributed by atoms with Crippen LogP contribution in [0.1, 0.15) is 19.3 Å². The zero-order valence-electron chi connectivity index (χ0n) is 10.4. The molecule has 2 rings (SSSR count). The van der Waals surface area contributed by atoms with E-state index in [-0.39, 0.29) is 0 Å². The van der Waals surface area contributed by atoms with Crippen LogP contribution < -0.4 is 4.74 Å². The van der Waals surface area contributed by atoms with Gasteiger partial charge in [-0.1, -0.05) is 11.6 Å². The highest BCUT2D eigenvalue weighted by molar-refractivity contribution is 6.30. The maximum absolute atomic E-state index is 11.1. The van der Waals surface area contributed by atoms with Gasteiger partial charge in [-0.2, -0.15) is 0 Å². The molecule has 18 heavy (non-hydrogen) atoms. The second-order valence-electron chi connectivity index (χ2n) is 4.54. The zero-order chi connectivity index (χ0) is 12.8. The molecule has 1 heterocycles. The molecule has 0 atom stereocenters. The highest BCUT2D eigenvalue weighted by Crippen LogP contribution is 2.15. The third-order valence-electron chi connectivity index (χ3n) is 3.11. The highest BCUT2D eigenvalue weighted by Gasteiger charge is 2.15. The number of nitrogens with zero attached hydrogens (tertiary/aromatic N) is 1. The summed E-state index contributed by atoms with van der Waals surface area (Å²) in [6, 6.07) is 7.41. The fourth-order valence-electron chi connectivity index (χ4n) is 2.04.